The molecule has 0 atom stereocenters. The average Bonchev–Trinajstić information content (AvgIpc) is 2.89. The van der Waals surface area contributed by atoms with Crippen molar-refractivity contribution in [2.75, 3.05) is 6.54 Å². The molecule has 0 aliphatic rings. The van der Waals surface area contributed by atoms with Crippen LogP contribution in [0.1, 0.15) is 17.0 Å². The normalized spacial score (nSPS) is 10.9. The summed E-state index contributed by atoms with van der Waals surface area (Å²) in [4.78, 5) is 19.4. The van der Waals surface area contributed by atoms with Gasteiger partial charge in [-0.25, -0.2) is 9.37 Å². The molecule has 1 amide bonds. The summed E-state index contributed by atoms with van der Waals surface area (Å²) in [6, 6.07) is 12.4. The number of fused-ring (bicyclic) bond motifs is 1. The quantitative estimate of drug-likeness (QED) is 0.761. The first kappa shape index (κ1) is 15.2. The molecular formula is C18H18FN3O. The van der Waals surface area contributed by atoms with Crippen LogP contribution in [0, 0.1) is 12.7 Å². The van der Waals surface area contributed by atoms with Crippen LogP contribution in [0.4, 0.5) is 4.39 Å². The van der Waals surface area contributed by atoms with Gasteiger partial charge in [-0.05, 0) is 42.7 Å². The van der Waals surface area contributed by atoms with Gasteiger partial charge in [0, 0.05) is 6.54 Å². The number of carbonyl (C=O) groups is 1. The number of amides is 1. The summed E-state index contributed by atoms with van der Waals surface area (Å²) in [6.07, 6.45) is 0.780. The summed E-state index contributed by atoms with van der Waals surface area (Å²) in [5.74, 6) is 0.367. The van der Waals surface area contributed by atoms with Crippen LogP contribution in [-0.2, 0) is 17.6 Å². The number of aromatic amines is 1. The second kappa shape index (κ2) is 6.60. The maximum atomic E-state index is 13.5. The van der Waals surface area contributed by atoms with Crippen LogP contribution < -0.4 is 5.32 Å². The van der Waals surface area contributed by atoms with E-state index in [1.165, 1.54) is 6.07 Å². The summed E-state index contributed by atoms with van der Waals surface area (Å²) in [5, 5.41) is 2.83. The number of rotatable bonds is 5. The molecule has 0 saturated heterocycles. The van der Waals surface area contributed by atoms with Gasteiger partial charge in [-0.15, -0.1) is 0 Å². The molecular weight excluding hydrogens is 293 g/mol. The molecule has 1 aromatic heterocycles. The lowest BCUT2D eigenvalue weighted by Crippen LogP contribution is -2.27. The highest BCUT2D eigenvalue weighted by Crippen LogP contribution is 2.13. The highest BCUT2D eigenvalue weighted by Gasteiger charge is 2.07. The number of nitrogens with one attached hydrogen (secondary N) is 2. The first-order valence-corrected chi connectivity index (χ1v) is 7.57. The van der Waals surface area contributed by atoms with Gasteiger partial charge < -0.3 is 10.3 Å². The molecule has 0 aliphatic carbocycles. The molecule has 118 valence electrons. The Bertz CT molecular complexity index is 841. The first-order chi connectivity index (χ1) is 11.1. The van der Waals surface area contributed by atoms with Crippen LogP contribution in [0.5, 0.6) is 0 Å². The number of halogens is 1. The van der Waals surface area contributed by atoms with Gasteiger partial charge in [0.25, 0.3) is 0 Å². The maximum absolute atomic E-state index is 13.5. The fourth-order valence-corrected chi connectivity index (χ4v) is 2.56. The number of hydrogen-bond acceptors (Lipinski definition) is 2. The van der Waals surface area contributed by atoms with Crippen LogP contribution in [-0.4, -0.2) is 22.4 Å². The van der Waals surface area contributed by atoms with E-state index in [4.69, 9.17) is 0 Å². The molecule has 2 aromatic carbocycles. The van der Waals surface area contributed by atoms with Crippen LogP contribution in [0.3, 0.4) is 0 Å². The zero-order valence-electron chi connectivity index (χ0n) is 12.9. The number of carbonyl (C=O) groups excluding carboxylic acids is 1. The van der Waals surface area contributed by atoms with Crippen molar-refractivity contribution in [3.63, 3.8) is 0 Å². The number of aromatic nitrogens is 2. The molecule has 2 N–H and O–H groups in total. The molecule has 0 unspecified atom stereocenters. The minimum Gasteiger partial charge on any atom is -0.355 e. The summed E-state index contributed by atoms with van der Waals surface area (Å²) >= 11 is 0. The van der Waals surface area contributed by atoms with Gasteiger partial charge in [-0.2, -0.15) is 0 Å². The standard InChI is InChI=1S/C18H18FN3O/c1-12-21-16-7-6-13(10-17(16)22-12)8-9-20-18(23)11-14-4-2-3-5-15(14)19/h2-7,10H,8-9,11H2,1H3,(H,20,23)(H,21,22). The molecule has 5 heteroatoms. The van der Waals surface area contributed by atoms with E-state index in [0.29, 0.717) is 12.1 Å². The lowest BCUT2D eigenvalue weighted by Gasteiger charge is -2.06. The molecule has 1 heterocycles. The van der Waals surface area contributed by atoms with Crippen molar-refractivity contribution < 1.29 is 9.18 Å². The topological polar surface area (TPSA) is 57.8 Å². The predicted octanol–water partition coefficient (Wildman–Crippen LogP) is 2.91. The average molecular weight is 311 g/mol. The Balaban J connectivity index is 1.53. The highest BCUT2D eigenvalue weighted by molar-refractivity contribution is 5.78. The number of imidazole rings is 1. The Hall–Kier alpha value is -2.69. The molecule has 23 heavy (non-hydrogen) atoms. The van der Waals surface area contributed by atoms with Crippen molar-refractivity contribution in [2.24, 2.45) is 0 Å². The van der Waals surface area contributed by atoms with Crippen LogP contribution >= 0.6 is 0 Å². The van der Waals surface area contributed by atoms with E-state index in [-0.39, 0.29) is 18.1 Å². The molecule has 4 nitrogen and oxygen atoms in total. The third-order valence-corrected chi connectivity index (χ3v) is 3.71. The van der Waals surface area contributed by atoms with Crippen LogP contribution in [0.15, 0.2) is 42.5 Å². The summed E-state index contributed by atoms with van der Waals surface area (Å²) in [6.45, 7) is 2.44. The van der Waals surface area contributed by atoms with E-state index < -0.39 is 0 Å². The van der Waals surface area contributed by atoms with E-state index >= 15 is 0 Å². The fraction of sp³-hybridized carbons (Fsp3) is 0.222. The molecule has 3 rings (SSSR count). The van der Waals surface area contributed by atoms with Crippen molar-refractivity contribution in [3.8, 4) is 0 Å². The van der Waals surface area contributed by atoms with Gasteiger partial charge in [0.2, 0.25) is 5.91 Å². The smallest absolute Gasteiger partial charge is 0.224 e. The van der Waals surface area contributed by atoms with Gasteiger partial charge in [-0.1, -0.05) is 24.3 Å². The SMILES string of the molecule is Cc1nc2ccc(CCNC(=O)Cc3ccccc3F)cc2[nH]1. The Labute approximate surface area is 133 Å². The maximum Gasteiger partial charge on any atom is 0.224 e. The lowest BCUT2D eigenvalue weighted by atomic mass is 10.1. The molecule has 3 aromatic rings. The first-order valence-electron chi connectivity index (χ1n) is 7.57. The second-order valence-electron chi connectivity index (χ2n) is 5.54. The largest absolute Gasteiger partial charge is 0.355 e. The number of hydrogen-bond donors (Lipinski definition) is 2. The van der Waals surface area contributed by atoms with E-state index in [0.717, 1.165) is 28.8 Å². The van der Waals surface area contributed by atoms with Gasteiger partial charge in [0.15, 0.2) is 0 Å². The summed E-state index contributed by atoms with van der Waals surface area (Å²) in [7, 11) is 0. The van der Waals surface area contributed by atoms with Crippen molar-refractivity contribution >= 4 is 16.9 Å². The highest BCUT2D eigenvalue weighted by atomic mass is 19.1. The van der Waals surface area contributed by atoms with Crippen LogP contribution in [0.25, 0.3) is 11.0 Å². The van der Waals surface area contributed by atoms with E-state index in [2.05, 4.69) is 15.3 Å². The molecule has 0 radical (unpaired) electrons. The van der Waals surface area contributed by atoms with Crippen molar-refractivity contribution in [1.29, 1.82) is 0 Å². The Morgan fingerprint density at radius 1 is 1.26 bits per heavy atom. The van der Waals surface area contributed by atoms with Gasteiger partial charge in [0.1, 0.15) is 11.6 Å². The molecule has 0 fully saturated rings. The minimum atomic E-state index is -0.345. The monoisotopic (exact) mass is 311 g/mol. The zero-order valence-corrected chi connectivity index (χ0v) is 12.9. The van der Waals surface area contributed by atoms with E-state index in [9.17, 15) is 9.18 Å². The molecule has 0 bridgehead atoms. The second-order valence-corrected chi connectivity index (χ2v) is 5.54. The van der Waals surface area contributed by atoms with Crippen molar-refractivity contribution in [1.82, 2.24) is 15.3 Å². The fourth-order valence-electron chi connectivity index (χ4n) is 2.56. The van der Waals surface area contributed by atoms with Gasteiger partial charge in [0.05, 0.1) is 17.5 Å². The summed E-state index contributed by atoms with van der Waals surface area (Å²) < 4.78 is 13.5. The Kier molecular flexibility index (Phi) is 4.37. The number of aryl methyl sites for hydroxylation is 1. The predicted molar refractivity (Wildman–Crippen MR) is 87.6 cm³/mol. The molecule has 0 saturated carbocycles. The van der Waals surface area contributed by atoms with Crippen molar-refractivity contribution in [3.05, 3.63) is 65.2 Å². The molecule has 0 spiro atoms. The zero-order chi connectivity index (χ0) is 16.2. The summed E-state index contributed by atoms with van der Waals surface area (Å²) in [5.41, 5.74) is 3.47. The van der Waals surface area contributed by atoms with Gasteiger partial charge >= 0.3 is 0 Å². The van der Waals surface area contributed by atoms with E-state index in [1.54, 1.807) is 18.2 Å². The number of H-pyrrole nitrogens is 1. The third kappa shape index (κ3) is 3.74. The lowest BCUT2D eigenvalue weighted by molar-refractivity contribution is -0.120. The number of nitrogens with zero attached hydrogens (tertiary/aromatic N) is 1. The van der Waals surface area contributed by atoms with Crippen LogP contribution in [0.2, 0.25) is 0 Å². The molecule has 0 aliphatic heterocycles. The number of benzene rings is 2. The Morgan fingerprint density at radius 2 is 2.09 bits per heavy atom. The van der Waals surface area contributed by atoms with Crippen molar-refractivity contribution in [2.45, 2.75) is 19.8 Å². The van der Waals surface area contributed by atoms with Gasteiger partial charge in [-0.3, -0.25) is 4.79 Å². The van der Waals surface area contributed by atoms with E-state index in [1.807, 2.05) is 25.1 Å². The minimum absolute atomic E-state index is 0.0610. The Morgan fingerprint density at radius 3 is 2.91 bits per heavy atom. The third-order valence-electron chi connectivity index (χ3n) is 3.71.